The summed E-state index contributed by atoms with van der Waals surface area (Å²) in [6, 6.07) is 17.5. The number of hydrazine groups is 2. The lowest BCUT2D eigenvalue weighted by Gasteiger charge is -2.26. The van der Waals surface area contributed by atoms with E-state index in [0.29, 0.717) is 55.7 Å². The van der Waals surface area contributed by atoms with Gasteiger partial charge < -0.3 is 16.1 Å². The highest BCUT2D eigenvalue weighted by molar-refractivity contribution is 6.36. The van der Waals surface area contributed by atoms with Crippen LogP contribution >= 0.6 is 23.2 Å². The fourth-order valence-electron chi connectivity index (χ4n) is 5.10. The lowest BCUT2D eigenvalue weighted by atomic mass is 9.96. The Kier molecular flexibility index (Phi) is 7.02. The highest BCUT2D eigenvalue weighted by Gasteiger charge is 2.52. The minimum Gasteiger partial charge on any atom is -0.383 e. The number of anilines is 2. The number of nitrogens with one attached hydrogen (secondary N) is 4. The first-order valence-electron chi connectivity index (χ1n) is 14.3. The van der Waals surface area contributed by atoms with E-state index < -0.39 is 6.02 Å². The summed E-state index contributed by atoms with van der Waals surface area (Å²) in [7, 11) is 0. The molecule has 1 aliphatic carbocycles. The van der Waals surface area contributed by atoms with Crippen molar-refractivity contribution in [1.82, 2.24) is 25.9 Å². The van der Waals surface area contributed by atoms with Crippen molar-refractivity contribution >= 4 is 45.5 Å². The van der Waals surface area contributed by atoms with Gasteiger partial charge in [0.2, 0.25) is 0 Å². The average molecular weight is 601 g/mol. The van der Waals surface area contributed by atoms with Crippen LogP contribution in [-0.4, -0.2) is 21.5 Å². The molecule has 214 valence electrons. The number of nitrogens with zero attached hydrogens (tertiary/aromatic N) is 4. The molecule has 42 heavy (non-hydrogen) atoms. The van der Waals surface area contributed by atoms with Crippen molar-refractivity contribution < 1.29 is 1.37 Å². The molecule has 0 saturated heterocycles. The van der Waals surface area contributed by atoms with Gasteiger partial charge in [0.15, 0.2) is 0 Å². The van der Waals surface area contributed by atoms with E-state index in [1.165, 1.54) is 6.20 Å². The molecule has 0 spiro atoms. The second kappa shape index (κ2) is 11.0. The summed E-state index contributed by atoms with van der Waals surface area (Å²) < 4.78 is 9.89. The molecule has 1 fully saturated rings. The van der Waals surface area contributed by atoms with Crippen molar-refractivity contribution in [3.63, 3.8) is 0 Å². The summed E-state index contributed by atoms with van der Waals surface area (Å²) in [5.74, 6) is 0. The molecule has 2 aromatic heterocycles. The van der Waals surface area contributed by atoms with E-state index in [1.54, 1.807) is 18.3 Å². The standard InChI is InChI=1S/C32H32Cl2N8/c1-31(2,3)19-38-28-20(16-35)17-37-29-23(28)14-21(15-25(29)34)39-30(22-8-4-5-9-24(22)33)26-18-42(41-40-26)32(11-12-32)27-10-6-7-13-36-27/h4-10,13-15,17-18,30,39-41H,11-12,19H2,1-3H3,(H,37,38)/t30-/m1/s1/i30D. The van der Waals surface area contributed by atoms with Crippen LogP contribution in [0, 0.1) is 16.7 Å². The summed E-state index contributed by atoms with van der Waals surface area (Å²) in [5, 5.41) is 20.2. The van der Waals surface area contributed by atoms with Gasteiger partial charge in [0, 0.05) is 41.2 Å². The van der Waals surface area contributed by atoms with E-state index in [9.17, 15) is 6.63 Å². The zero-order valence-electron chi connectivity index (χ0n) is 24.6. The minimum atomic E-state index is -1.56. The molecule has 8 nitrogen and oxygen atoms in total. The average Bonchev–Trinajstić information content (AvgIpc) is 3.64. The first-order chi connectivity index (χ1) is 20.5. The molecule has 0 amide bonds. The Morgan fingerprint density at radius 1 is 1.12 bits per heavy atom. The van der Waals surface area contributed by atoms with Crippen LogP contribution in [0.3, 0.4) is 0 Å². The van der Waals surface area contributed by atoms with Gasteiger partial charge in [-0.1, -0.05) is 68.2 Å². The summed E-state index contributed by atoms with van der Waals surface area (Å²) in [6.45, 7) is 6.99. The normalized spacial score (nSPS) is 17.5. The van der Waals surface area contributed by atoms with Crippen LogP contribution < -0.4 is 21.6 Å². The van der Waals surface area contributed by atoms with E-state index >= 15 is 0 Å². The zero-order chi connectivity index (χ0) is 30.4. The van der Waals surface area contributed by atoms with Crippen LogP contribution in [0.2, 0.25) is 10.0 Å². The van der Waals surface area contributed by atoms with Crippen molar-refractivity contribution in [3.8, 4) is 6.07 Å². The third-order valence-corrected chi connectivity index (χ3v) is 8.04. The Balaban J connectivity index is 1.44. The SMILES string of the molecule is [2H][C@](Nc1cc(Cl)c2ncc(C#N)c(NCC(C)(C)C)c2c1)(C1=CN(C2(c3ccccn3)CC2)NN1)c1ccccc1Cl. The third kappa shape index (κ3) is 5.43. The summed E-state index contributed by atoms with van der Waals surface area (Å²) in [4.78, 5) is 9.08. The quantitative estimate of drug-likeness (QED) is 0.168. The van der Waals surface area contributed by atoms with Crippen molar-refractivity contribution in [1.29, 1.82) is 5.26 Å². The van der Waals surface area contributed by atoms with Crippen LogP contribution in [0.5, 0.6) is 0 Å². The number of fused-ring (bicyclic) bond motifs is 1. The lowest BCUT2D eigenvalue weighted by molar-refractivity contribution is 0.173. The zero-order valence-corrected chi connectivity index (χ0v) is 25.1. The Morgan fingerprint density at radius 3 is 2.60 bits per heavy atom. The molecule has 0 bridgehead atoms. The molecule has 3 heterocycles. The maximum atomic E-state index is 9.89. The lowest BCUT2D eigenvalue weighted by Crippen LogP contribution is -2.44. The number of hydrogen-bond donors (Lipinski definition) is 4. The monoisotopic (exact) mass is 599 g/mol. The predicted molar refractivity (Wildman–Crippen MR) is 169 cm³/mol. The molecule has 10 heteroatoms. The minimum absolute atomic E-state index is 0.0317. The number of halogens is 2. The Labute approximate surface area is 257 Å². The molecule has 6 rings (SSSR count). The van der Waals surface area contributed by atoms with E-state index in [1.807, 2.05) is 53.7 Å². The molecule has 0 unspecified atom stereocenters. The molecule has 1 atom stereocenters. The maximum absolute atomic E-state index is 9.89. The highest BCUT2D eigenvalue weighted by Crippen LogP contribution is 2.50. The first kappa shape index (κ1) is 26.8. The second-order valence-corrected chi connectivity index (χ2v) is 12.6. The van der Waals surface area contributed by atoms with Crippen LogP contribution in [0.15, 0.2) is 78.9 Å². The molecular formula is C32H32Cl2N8. The molecule has 2 aromatic carbocycles. The third-order valence-electron chi connectivity index (χ3n) is 7.42. The molecule has 1 saturated carbocycles. The number of benzene rings is 2. The summed E-state index contributed by atoms with van der Waals surface area (Å²) >= 11 is 13.5. The Hall–Kier alpha value is -4.03. The van der Waals surface area contributed by atoms with E-state index in [2.05, 4.69) is 58.4 Å². The van der Waals surface area contributed by atoms with Crippen molar-refractivity contribution in [2.45, 2.75) is 45.2 Å². The van der Waals surface area contributed by atoms with E-state index in [-0.39, 0.29) is 11.0 Å². The van der Waals surface area contributed by atoms with Gasteiger partial charge >= 0.3 is 0 Å². The van der Waals surface area contributed by atoms with Crippen LogP contribution in [0.25, 0.3) is 10.9 Å². The van der Waals surface area contributed by atoms with Crippen LogP contribution in [0.4, 0.5) is 11.4 Å². The van der Waals surface area contributed by atoms with Gasteiger partial charge in [0.1, 0.15) is 6.07 Å². The molecule has 2 aliphatic rings. The summed E-state index contributed by atoms with van der Waals surface area (Å²) in [5.41, 5.74) is 10.4. The molecular weight excluding hydrogens is 567 g/mol. The molecule has 4 aromatic rings. The van der Waals surface area contributed by atoms with Crippen molar-refractivity contribution in [2.75, 3.05) is 17.2 Å². The topological polar surface area (TPSA) is 101 Å². The number of pyridine rings is 2. The van der Waals surface area contributed by atoms with Gasteiger partial charge in [-0.2, -0.15) is 5.26 Å². The largest absolute Gasteiger partial charge is 0.383 e. The Bertz CT molecular complexity index is 1760. The molecule has 1 aliphatic heterocycles. The van der Waals surface area contributed by atoms with Gasteiger partial charge in [-0.15, -0.1) is 5.53 Å². The maximum Gasteiger partial charge on any atom is 0.103 e. The van der Waals surface area contributed by atoms with Gasteiger partial charge in [-0.25, -0.2) is 0 Å². The Morgan fingerprint density at radius 2 is 1.90 bits per heavy atom. The summed E-state index contributed by atoms with van der Waals surface area (Å²) in [6.07, 6.45) is 7.08. The van der Waals surface area contributed by atoms with Crippen LogP contribution in [0.1, 0.15) is 57.8 Å². The van der Waals surface area contributed by atoms with Gasteiger partial charge in [-0.3, -0.25) is 15.0 Å². The van der Waals surface area contributed by atoms with Gasteiger partial charge in [0.25, 0.3) is 0 Å². The van der Waals surface area contributed by atoms with Gasteiger partial charge in [0.05, 0.1) is 46.1 Å². The fourth-order valence-corrected chi connectivity index (χ4v) is 5.60. The molecule has 4 N–H and O–H groups in total. The fraction of sp³-hybridized carbons (Fsp3) is 0.281. The van der Waals surface area contributed by atoms with Crippen LogP contribution in [-0.2, 0) is 5.54 Å². The molecule has 0 radical (unpaired) electrons. The van der Waals surface area contributed by atoms with Crippen molar-refractivity contribution in [3.05, 3.63) is 106 Å². The number of nitriles is 1. The number of hydrogen-bond acceptors (Lipinski definition) is 8. The first-order valence-corrected chi connectivity index (χ1v) is 14.5. The van der Waals surface area contributed by atoms with Crippen molar-refractivity contribution in [2.24, 2.45) is 5.41 Å². The number of aromatic nitrogens is 2. The van der Waals surface area contributed by atoms with Gasteiger partial charge in [-0.05, 0) is 54.2 Å². The van der Waals surface area contributed by atoms with E-state index in [4.69, 9.17) is 23.2 Å². The smallest absolute Gasteiger partial charge is 0.103 e. The number of rotatable bonds is 8. The predicted octanol–water partition coefficient (Wildman–Crippen LogP) is 7.27. The highest BCUT2D eigenvalue weighted by atomic mass is 35.5. The van der Waals surface area contributed by atoms with E-state index in [0.717, 1.165) is 18.5 Å². The second-order valence-electron chi connectivity index (χ2n) is 11.8.